The van der Waals surface area contributed by atoms with Crippen molar-refractivity contribution in [3.8, 4) is 5.75 Å². The Labute approximate surface area is 134 Å². The van der Waals surface area contributed by atoms with Gasteiger partial charge < -0.3 is 10.1 Å². The number of carbonyl (C=O) groups excluding carboxylic acids is 2. The molecule has 3 amide bonds. The number of anilines is 1. The minimum absolute atomic E-state index is 0.318. The van der Waals surface area contributed by atoms with Gasteiger partial charge in [0.1, 0.15) is 11.3 Å². The number of carbonyl (C=O) groups is 2. The lowest BCUT2D eigenvalue weighted by Gasteiger charge is -2.23. The van der Waals surface area contributed by atoms with Crippen molar-refractivity contribution in [3.05, 3.63) is 59.7 Å². The van der Waals surface area contributed by atoms with E-state index >= 15 is 0 Å². The first-order chi connectivity index (χ1) is 11.0. The summed E-state index contributed by atoms with van der Waals surface area (Å²) in [6, 6.07) is 14.2. The van der Waals surface area contributed by atoms with Crippen molar-refractivity contribution in [2.75, 3.05) is 12.0 Å². The van der Waals surface area contributed by atoms with Gasteiger partial charge in [0.15, 0.2) is 0 Å². The van der Waals surface area contributed by atoms with E-state index in [1.807, 2.05) is 49.4 Å². The molecule has 0 bridgehead atoms. The molecule has 1 aliphatic heterocycles. The zero-order valence-electron chi connectivity index (χ0n) is 13.3. The Morgan fingerprint density at radius 2 is 1.74 bits per heavy atom. The Bertz CT molecular complexity index is 773. The number of nitrogens with one attached hydrogen (secondary N) is 1. The van der Waals surface area contributed by atoms with Crippen LogP contribution in [-0.2, 0) is 10.3 Å². The third-order valence-corrected chi connectivity index (χ3v) is 4.19. The van der Waals surface area contributed by atoms with Crippen LogP contribution < -0.4 is 15.0 Å². The zero-order chi connectivity index (χ0) is 16.6. The van der Waals surface area contributed by atoms with Crippen molar-refractivity contribution in [1.82, 2.24) is 5.32 Å². The topological polar surface area (TPSA) is 58.6 Å². The summed E-state index contributed by atoms with van der Waals surface area (Å²) in [7, 11) is 1.52. The maximum atomic E-state index is 13.0. The van der Waals surface area contributed by atoms with Crippen LogP contribution in [0.3, 0.4) is 0 Å². The van der Waals surface area contributed by atoms with Crippen LogP contribution in [-0.4, -0.2) is 19.0 Å². The van der Waals surface area contributed by atoms with Crippen molar-refractivity contribution in [2.24, 2.45) is 0 Å². The first-order valence-electron chi connectivity index (χ1n) is 7.35. The number of ether oxygens (including phenoxy) is 1. The molecule has 1 unspecified atom stereocenters. The standard InChI is InChI=1S/C18H18N2O3/c1-12-8-7-11-14(23-3)15(12)20-16(21)18(2,19-17(20)22)13-9-5-4-6-10-13/h4-11H,1-3H3,(H,19,22). The molecule has 1 fully saturated rings. The van der Waals surface area contributed by atoms with Crippen LogP contribution in [0.15, 0.2) is 48.5 Å². The van der Waals surface area contributed by atoms with Gasteiger partial charge in [-0.3, -0.25) is 4.79 Å². The number of methoxy groups -OCH3 is 1. The Balaban J connectivity index is 2.11. The van der Waals surface area contributed by atoms with E-state index in [0.717, 1.165) is 11.1 Å². The normalized spacial score (nSPS) is 20.6. The number of imide groups is 1. The summed E-state index contributed by atoms with van der Waals surface area (Å²) < 4.78 is 5.34. The van der Waals surface area contributed by atoms with Crippen LogP contribution in [0.1, 0.15) is 18.1 Å². The van der Waals surface area contributed by atoms with Crippen molar-refractivity contribution in [2.45, 2.75) is 19.4 Å². The molecule has 2 aromatic rings. The van der Waals surface area contributed by atoms with E-state index in [9.17, 15) is 9.59 Å². The summed E-state index contributed by atoms with van der Waals surface area (Å²) in [6.07, 6.45) is 0. The molecule has 0 radical (unpaired) electrons. The molecule has 1 heterocycles. The van der Waals surface area contributed by atoms with Crippen molar-refractivity contribution >= 4 is 17.6 Å². The molecule has 23 heavy (non-hydrogen) atoms. The number of benzene rings is 2. The Kier molecular flexibility index (Phi) is 3.56. The number of amides is 3. The van der Waals surface area contributed by atoms with E-state index in [4.69, 9.17) is 4.74 Å². The number of urea groups is 1. The monoisotopic (exact) mass is 310 g/mol. The molecule has 5 heteroatoms. The quantitative estimate of drug-likeness (QED) is 0.887. The van der Waals surface area contributed by atoms with Crippen LogP contribution in [0, 0.1) is 6.92 Å². The summed E-state index contributed by atoms with van der Waals surface area (Å²) >= 11 is 0. The smallest absolute Gasteiger partial charge is 0.330 e. The molecule has 5 nitrogen and oxygen atoms in total. The molecule has 3 rings (SSSR count). The van der Waals surface area contributed by atoms with E-state index in [1.54, 1.807) is 13.0 Å². The summed E-state index contributed by atoms with van der Waals surface area (Å²) in [5.41, 5.74) is 0.932. The van der Waals surface area contributed by atoms with E-state index in [0.29, 0.717) is 11.4 Å². The second-order valence-corrected chi connectivity index (χ2v) is 5.69. The molecule has 1 N–H and O–H groups in total. The van der Waals surface area contributed by atoms with Gasteiger partial charge in [0, 0.05) is 0 Å². The van der Waals surface area contributed by atoms with Gasteiger partial charge in [-0.2, -0.15) is 0 Å². The van der Waals surface area contributed by atoms with Gasteiger partial charge in [0.05, 0.1) is 12.8 Å². The number of rotatable bonds is 3. The fourth-order valence-electron chi connectivity index (χ4n) is 2.89. The lowest BCUT2D eigenvalue weighted by Crippen LogP contribution is -2.41. The number of para-hydroxylation sites is 1. The molecule has 2 aromatic carbocycles. The van der Waals surface area contributed by atoms with E-state index in [-0.39, 0.29) is 5.91 Å². The van der Waals surface area contributed by atoms with Crippen LogP contribution in [0.2, 0.25) is 0 Å². The molecular formula is C18H18N2O3. The lowest BCUT2D eigenvalue weighted by atomic mass is 9.92. The maximum Gasteiger partial charge on any atom is 0.330 e. The Hall–Kier alpha value is -2.82. The molecule has 0 aromatic heterocycles. The molecule has 118 valence electrons. The predicted octanol–water partition coefficient (Wildman–Crippen LogP) is 2.98. The van der Waals surface area contributed by atoms with E-state index in [1.165, 1.54) is 12.0 Å². The highest BCUT2D eigenvalue weighted by Crippen LogP contribution is 2.38. The fourth-order valence-corrected chi connectivity index (χ4v) is 2.89. The van der Waals surface area contributed by atoms with Gasteiger partial charge in [0.25, 0.3) is 5.91 Å². The summed E-state index contributed by atoms with van der Waals surface area (Å²) in [6.45, 7) is 3.56. The molecule has 0 saturated carbocycles. The Morgan fingerprint density at radius 3 is 2.39 bits per heavy atom. The first-order valence-corrected chi connectivity index (χ1v) is 7.35. The number of nitrogens with zero attached hydrogens (tertiary/aromatic N) is 1. The Morgan fingerprint density at radius 1 is 1.04 bits per heavy atom. The highest BCUT2D eigenvalue weighted by molar-refractivity contribution is 6.24. The van der Waals surface area contributed by atoms with Gasteiger partial charge in [-0.05, 0) is 31.0 Å². The molecule has 0 aliphatic carbocycles. The van der Waals surface area contributed by atoms with E-state index < -0.39 is 11.6 Å². The first kappa shape index (κ1) is 15.1. The van der Waals surface area contributed by atoms with Crippen molar-refractivity contribution in [1.29, 1.82) is 0 Å². The highest BCUT2D eigenvalue weighted by atomic mass is 16.5. The highest BCUT2D eigenvalue weighted by Gasteiger charge is 2.50. The van der Waals surface area contributed by atoms with Gasteiger partial charge in [-0.15, -0.1) is 0 Å². The summed E-state index contributed by atoms with van der Waals surface area (Å²) in [5, 5.41) is 2.81. The predicted molar refractivity (Wildman–Crippen MR) is 87.5 cm³/mol. The zero-order valence-corrected chi connectivity index (χ0v) is 13.3. The average molecular weight is 310 g/mol. The maximum absolute atomic E-state index is 13.0. The van der Waals surface area contributed by atoms with Gasteiger partial charge in [0.2, 0.25) is 0 Å². The van der Waals surface area contributed by atoms with E-state index in [2.05, 4.69) is 5.32 Å². The van der Waals surface area contributed by atoms with Crippen LogP contribution in [0.4, 0.5) is 10.5 Å². The summed E-state index contributed by atoms with van der Waals surface area (Å²) in [4.78, 5) is 26.7. The van der Waals surface area contributed by atoms with Crippen LogP contribution in [0.25, 0.3) is 0 Å². The largest absolute Gasteiger partial charge is 0.495 e. The minimum Gasteiger partial charge on any atom is -0.495 e. The molecule has 1 atom stereocenters. The van der Waals surface area contributed by atoms with Crippen LogP contribution >= 0.6 is 0 Å². The fraction of sp³-hybridized carbons (Fsp3) is 0.222. The number of aryl methyl sites for hydroxylation is 1. The van der Waals surface area contributed by atoms with Crippen LogP contribution in [0.5, 0.6) is 5.75 Å². The molecule has 1 aliphatic rings. The second kappa shape index (κ2) is 5.43. The molecule has 0 spiro atoms. The third-order valence-electron chi connectivity index (χ3n) is 4.19. The van der Waals surface area contributed by atoms with Gasteiger partial charge >= 0.3 is 6.03 Å². The SMILES string of the molecule is COc1cccc(C)c1N1C(=O)NC(C)(c2ccccc2)C1=O. The third kappa shape index (κ3) is 2.25. The average Bonchev–Trinajstić information content (AvgIpc) is 2.79. The minimum atomic E-state index is -1.09. The molecular weight excluding hydrogens is 292 g/mol. The lowest BCUT2D eigenvalue weighted by molar-refractivity contribution is -0.121. The number of hydrogen-bond donors (Lipinski definition) is 1. The second-order valence-electron chi connectivity index (χ2n) is 5.69. The van der Waals surface area contributed by atoms with Gasteiger partial charge in [-0.25, -0.2) is 9.69 Å². The van der Waals surface area contributed by atoms with Crippen molar-refractivity contribution < 1.29 is 14.3 Å². The van der Waals surface area contributed by atoms with Crippen molar-refractivity contribution in [3.63, 3.8) is 0 Å². The summed E-state index contributed by atoms with van der Waals surface area (Å²) in [5.74, 6) is 0.173. The van der Waals surface area contributed by atoms with Gasteiger partial charge in [-0.1, -0.05) is 42.5 Å². The molecule has 1 saturated heterocycles. The number of hydrogen-bond acceptors (Lipinski definition) is 3.